The van der Waals surface area contributed by atoms with Gasteiger partial charge >= 0.3 is 5.97 Å². The van der Waals surface area contributed by atoms with Crippen LogP contribution in [0.2, 0.25) is 0 Å². The van der Waals surface area contributed by atoms with Crippen LogP contribution >= 0.6 is 0 Å². The van der Waals surface area contributed by atoms with Gasteiger partial charge in [-0.25, -0.2) is 4.79 Å². The molecule has 0 bridgehead atoms. The number of hydrogen-bond acceptors (Lipinski definition) is 4. The maximum absolute atomic E-state index is 11.6. The zero-order chi connectivity index (χ0) is 14.3. The molecule has 0 aromatic heterocycles. The molecule has 2 N–H and O–H groups in total. The highest BCUT2D eigenvalue weighted by atomic mass is 16.6. The van der Waals surface area contributed by atoms with Gasteiger partial charge in [-0.1, -0.05) is 25.5 Å². The molecule has 1 unspecified atom stereocenters. The van der Waals surface area contributed by atoms with Crippen molar-refractivity contribution >= 4 is 11.9 Å². The second kappa shape index (κ2) is 7.41. The van der Waals surface area contributed by atoms with E-state index in [1.54, 1.807) is 24.3 Å². The number of methoxy groups -OCH3 is 1. The minimum Gasteiger partial charge on any atom is -0.478 e. The van der Waals surface area contributed by atoms with E-state index in [0.29, 0.717) is 12.2 Å². The third-order valence-electron chi connectivity index (χ3n) is 2.71. The van der Waals surface area contributed by atoms with Crippen molar-refractivity contribution in [3.05, 3.63) is 29.8 Å². The third kappa shape index (κ3) is 4.28. The van der Waals surface area contributed by atoms with Crippen LogP contribution in [0.5, 0.6) is 5.75 Å². The summed E-state index contributed by atoms with van der Waals surface area (Å²) in [5.74, 6) is -0.732. The van der Waals surface area contributed by atoms with E-state index in [4.69, 9.17) is 15.2 Å². The van der Waals surface area contributed by atoms with Gasteiger partial charge in [0, 0.05) is 0 Å². The zero-order valence-corrected chi connectivity index (χ0v) is 11.2. The zero-order valence-electron chi connectivity index (χ0n) is 11.2. The second-order valence-electron chi connectivity index (χ2n) is 4.13. The number of ether oxygens (including phenoxy) is 2. The minimum atomic E-state index is -0.717. The molecule has 0 aliphatic rings. The molecule has 1 atom stereocenters. The molecule has 0 radical (unpaired) electrons. The van der Waals surface area contributed by atoms with Crippen molar-refractivity contribution in [3.63, 3.8) is 0 Å². The predicted octanol–water partition coefficient (Wildman–Crippen LogP) is 1.90. The van der Waals surface area contributed by atoms with E-state index in [1.165, 1.54) is 7.11 Å². The fourth-order valence-electron chi connectivity index (χ4n) is 1.67. The van der Waals surface area contributed by atoms with Crippen LogP contribution in [0, 0.1) is 0 Å². The summed E-state index contributed by atoms with van der Waals surface area (Å²) in [7, 11) is 1.31. The minimum absolute atomic E-state index is 0.257. The van der Waals surface area contributed by atoms with Crippen LogP contribution in [0.25, 0.3) is 0 Å². The maximum atomic E-state index is 11.6. The molecule has 0 saturated carbocycles. The molecule has 5 nitrogen and oxygen atoms in total. The van der Waals surface area contributed by atoms with Crippen LogP contribution < -0.4 is 10.5 Å². The Hall–Kier alpha value is -2.04. The van der Waals surface area contributed by atoms with E-state index < -0.39 is 18.0 Å². The Kier molecular flexibility index (Phi) is 5.85. The largest absolute Gasteiger partial charge is 0.478 e. The first-order valence-corrected chi connectivity index (χ1v) is 6.23. The highest BCUT2D eigenvalue weighted by molar-refractivity contribution is 5.95. The molecule has 0 fully saturated rings. The van der Waals surface area contributed by atoms with E-state index in [-0.39, 0.29) is 5.56 Å². The fourth-order valence-corrected chi connectivity index (χ4v) is 1.67. The quantitative estimate of drug-likeness (QED) is 0.764. The SMILES string of the molecule is CCCCC(Oc1ccccc1C(N)=O)C(=O)OC. The molecule has 0 saturated heterocycles. The van der Waals surface area contributed by atoms with Gasteiger partial charge in [0.1, 0.15) is 5.75 Å². The van der Waals surface area contributed by atoms with Gasteiger partial charge in [0.05, 0.1) is 12.7 Å². The smallest absolute Gasteiger partial charge is 0.347 e. The Morgan fingerprint density at radius 3 is 2.58 bits per heavy atom. The van der Waals surface area contributed by atoms with Gasteiger partial charge in [0.25, 0.3) is 5.91 Å². The Labute approximate surface area is 112 Å². The lowest BCUT2D eigenvalue weighted by molar-refractivity contribution is -0.149. The van der Waals surface area contributed by atoms with Crippen molar-refractivity contribution < 1.29 is 19.1 Å². The molecular weight excluding hydrogens is 246 g/mol. The normalized spacial score (nSPS) is 11.7. The Morgan fingerprint density at radius 2 is 2.00 bits per heavy atom. The first-order valence-electron chi connectivity index (χ1n) is 6.23. The molecule has 0 heterocycles. The molecule has 1 rings (SSSR count). The maximum Gasteiger partial charge on any atom is 0.347 e. The van der Waals surface area contributed by atoms with E-state index in [0.717, 1.165) is 12.8 Å². The number of rotatable bonds is 7. The average molecular weight is 265 g/mol. The average Bonchev–Trinajstić information content (AvgIpc) is 2.42. The summed E-state index contributed by atoms with van der Waals surface area (Å²) in [6, 6.07) is 6.58. The highest BCUT2D eigenvalue weighted by Crippen LogP contribution is 2.20. The summed E-state index contributed by atoms with van der Waals surface area (Å²) in [6.07, 6.45) is 1.59. The number of carbonyl (C=O) groups excluding carboxylic acids is 2. The number of unbranched alkanes of at least 4 members (excludes halogenated alkanes) is 1. The molecule has 5 heteroatoms. The van der Waals surface area contributed by atoms with Crippen molar-refractivity contribution in [1.82, 2.24) is 0 Å². The third-order valence-corrected chi connectivity index (χ3v) is 2.71. The van der Waals surface area contributed by atoms with E-state index in [9.17, 15) is 9.59 Å². The molecular formula is C14H19NO4. The molecule has 19 heavy (non-hydrogen) atoms. The summed E-state index contributed by atoms with van der Waals surface area (Å²) < 4.78 is 10.3. The number of para-hydroxylation sites is 1. The van der Waals surface area contributed by atoms with E-state index in [1.807, 2.05) is 6.92 Å². The van der Waals surface area contributed by atoms with Crippen LogP contribution in [0.4, 0.5) is 0 Å². The highest BCUT2D eigenvalue weighted by Gasteiger charge is 2.22. The van der Waals surface area contributed by atoms with Crippen molar-refractivity contribution in [2.75, 3.05) is 7.11 Å². The van der Waals surface area contributed by atoms with Gasteiger partial charge in [0.15, 0.2) is 6.10 Å². The monoisotopic (exact) mass is 265 g/mol. The first kappa shape index (κ1) is 15.0. The van der Waals surface area contributed by atoms with E-state index >= 15 is 0 Å². The summed E-state index contributed by atoms with van der Waals surface area (Å²) >= 11 is 0. The van der Waals surface area contributed by atoms with Crippen molar-refractivity contribution in [2.45, 2.75) is 32.3 Å². The van der Waals surface area contributed by atoms with Gasteiger partial charge in [-0.3, -0.25) is 4.79 Å². The summed E-state index contributed by atoms with van der Waals surface area (Å²) in [4.78, 5) is 22.9. The van der Waals surface area contributed by atoms with E-state index in [2.05, 4.69) is 0 Å². The number of amides is 1. The van der Waals surface area contributed by atoms with Crippen LogP contribution in [-0.2, 0) is 9.53 Å². The number of carbonyl (C=O) groups is 2. The number of esters is 1. The van der Waals surface area contributed by atoms with Crippen molar-refractivity contribution in [2.24, 2.45) is 5.73 Å². The van der Waals surface area contributed by atoms with Gasteiger partial charge < -0.3 is 15.2 Å². The molecule has 0 aliphatic carbocycles. The Balaban J connectivity index is 2.89. The van der Waals surface area contributed by atoms with Crippen molar-refractivity contribution in [3.8, 4) is 5.75 Å². The van der Waals surface area contributed by atoms with Crippen LogP contribution in [-0.4, -0.2) is 25.1 Å². The summed E-state index contributed by atoms with van der Waals surface area (Å²) in [5, 5.41) is 0. The lowest BCUT2D eigenvalue weighted by atomic mass is 10.1. The lowest BCUT2D eigenvalue weighted by Crippen LogP contribution is -2.29. The van der Waals surface area contributed by atoms with Crippen LogP contribution in [0.1, 0.15) is 36.5 Å². The topological polar surface area (TPSA) is 78.6 Å². The Morgan fingerprint density at radius 1 is 1.32 bits per heavy atom. The number of nitrogens with two attached hydrogens (primary N) is 1. The first-order chi connectivity index (χ1) is 9.10. The summed E-state index contributed by atoms with van der Waals surface area (Å²) in [5.41, 5.74) is 5.52. The second-order valence-corrected chi connectivity index (χ2v) is 4.13. The van der Waals surface area contributed by atoms with Crippen LogP contribution in [0.15, 0.2) is 24.3 Å². The molecule has 0 spiro atoms. The standard InChI is InChI=1S/C14H19NO4/c1-3-4-8-12(14(17)18-2)19-11-9-6-5-7-10(11)13(15)16/h5-7,9,12H,3-4,8H2,1-2H3,(H2,15,16). The molecule has 1 aromatic carbocycles. The van der Waals surface area contributed by atoms with Gasteiger partial charge in [0.2, 0.25) is 0 Å². The number of primary amides is 1. The Bertz CT molecular complexity index is 445. The molecule has 0 aliphatic heterocycles. The summed E-state index contributed by atoms with van der Waals surface area (Å²) in [6.45, 7) is 2.02. The number of hydrogen-bond donors (Lipinski definition) is 1. The predicted molar refractivity (Wildman–Crippen MR) is 70.9 cm³/mol. The van der Waals surface area contributed by atoms with Crippen molar-refractivity contribution in [1.29, 1.82) is 0 Å². The van der Waals surface area contributed by atoms with Gasteiger partial charge in [-0.15, -0.1) is 0 Å². The lowest BCUT2D eigenvalue weighted by Gasteiger charge is -2.18. The molecule has 1 aromatic rings. The fraction of sp³-hybridized carbons (Fsp3) is 0.429. The molecule has 1 amide bonds. The number of benzene rings is 1. The van der Waals surface area contributed by atoms with Crippen LogP contribution in [0.3, 0.4) is 0 Å². The molecule has 104 valence electrons. The van der Waals surface area contributed by atoms with Gasteiger partial charge in [-0.05, 0) is 25.0 Å². The van der Waals surface area contributed by atoms with Gasteiger partial charge in [-0.2, -0.15) is 0 Å².